The van der Waals surface area contributed by atoms with Gasteiger partial charge in [-0.1, -0.05) is 6.07 Å². The Labute approximate surface area is 107 Å². The Kier molecular flexibility index (Phi) is 4.20. The quantitative estimate of drug-likeness (QED) is 0.877. The second-order valence-corrected chi connectivity index (χ2v) is 4.51. The lowest BCUT2D eigenvalue weighted by atomic mass is 9.91. The van der Waals surface area contributed by atoms with E-state index in [1.165, 1.54) is 0 Å². The van der Waals surface area contributed by atoms with E-state index in [9.17, 15) is 4.79 Å². The standard InChI is InChI=1S/C14H19NO3/c1-17-13-4-3-10(8-14(13)18-2)7-11-9-15-6-5-12(11)16/h3-4,8,11,15H,5-7,9H2,1-2H3. The van der Waals surface area contributed by atoms with Crippen LogP contribution in [0.15, 0.2) is 18.2 Å². The maximum atomic E-state index is 11.8. The first-order valence-corrected chi connectivity index (χ1v) is 6.19. The van der Waals surface area contributed by atoms with Gasteiger partial charge >= 0.3 is 0 Å². The molecule has 4 nitrogen and oxygen atoms in total. The predicted molar refractivity (Wildman–Crippen MR) is 69.2 cm³/mol. The maximum absolute atomic E-state index is 11.8. The zero-order valence-electron chi connectivity index (χ0n) is 10.9. The van der Waals surface area contributed by atoms with Crippen LogP contribution in [0.5, 0.6) is 11.5 Å². The number of carbonyl (C=O) groups is 1. The third-order valence-corrected chi connectivity index (χ3v) is 3.32. The number of Topliss-reactive ketones (excluding diaryl/α,β-unsaturated/α-hetero) is 1. The molecule has 0 saturated carbocycles. The molecule has 0 aromatic heterocycles. The van der Waals surface area contributed by atoms with E-state index in [1.807, 2.05) is 18.2 Å². The molecule has 4 heteroatoms. The summed E-state index contributed by atoms with van der Waals surface area (Å²) in [5, 5.41) is 3.26. The van der Waals surface area contributed by atoms with Crippen LogP contribution in [-0.4, -0.2) is 33.1 Å². The van der Waals surface area contributed by atoms with Crippen LogP contribution < -0.4 is 14.8 Å². The molecular formula is C14H19NO3. The number of hydrogen-bond donors (Lipinski definition) is 1. The Morgan fingerprint density at radius 3 is 2.72 bits per heavy atom. The lowest BCUT2D eigenvalue weighted by Crippen LogP contribution is -2.37. The maximum Gasteiger partial charge on any atom is 0.160 e. The van der Waals surface area contributed by atoms with Gasteiger partial charge in [0.2, 0.25) is 0 Å². The van der Waals surface area contributed by atoms with Crippen molar-refractivity contribution in [1.29, 1.82) is 0 Å². The third kappa shape index (κ3) is 2.82. The molecule has 1 aliphatic rings. The average molecular weight is 249 g/mol. The van der Waals surface area contributed by atoms with E-state index in [2.05, 4.69) is 5.32 Å². The van der Waals surface area contributed by atoms with Crippen molar-refractivity contribution in [2.75, 3.05) is 27.3 Å². The van der Waals surface area contributed by atoms with Crippen LogP contribution in [0, 0.1) is 5.92 Å². The van der Waals surface area contributed by atoms with Crippen molar-refractivity contribution in [1.82, 2.24) is 5.32 Å². The lowest BCUT2D eigenvalue weighted by molar-refractivity contribution is -0.123. The molecule has 0 aliphatic carbocycles. The zero-order chi connectivity index (χ0) is 13.0. The van der Waals surface area contributed by atoms with Crippen molar-refractivity contribution in [3.8, 4) is 11.5 Å². The molecule has 0 radical (unpaired) electrons. The number of methoxy groups -OCH3 is 2. The van der Waals surface area contributed by atoms with E-state index in [4.69, 9.17) is 9.47 Å². The number of hydrogen-bond acceptors (Lipinski definition) is 4. The first kappa shape index (κ1) is 12.9. The number of carbonyl (C=O) groups excluding carboxylic acids is 1. The lowest BCUT2D eigenvalue weighted by Gasteiger charge is -2.21. The second-order valence-electron chi connectivity index (χ2n) is 4.51. The molecule has 1 atom stereocenters. The van der Waals surface area contributed by atoms with Crippen molar-refractivity contribution in [3.05, 3.63) is 23.8 Å². The van der Waals surface area contributed by atoms with Crippen LogP contribution in [-0.2, 0) is 11.2 Å². The summed E-state index contributed by atoms with van der Waals surface area (Å²) in [6.07, 6.45) is 1.39. The summed E-state index contributed by atoms with van der Waals surface area (Å²) in [6, 6.07) is 5.82. The van der Waals surface area contributed by atoms with Crippen LogP contribution in [0.25, 0.3) is 0 Å². The smallest absolute Gasteiger partial charge is 0.160 e. The van der Waals surface area contributed by atoms with Crippen molar-refractivity contribution >= 4 is 5.78 Å². The monoisotopic (exact) mass is 249 g/mol. The van der Waals surface area contributed by atoms with Gasteiger partial charge in [-0.05, 0) is 24.1 Å². The normalized spacial score (nSPS) is 19.7. The Balaban J connectivity index is 2.11. The summed E-state index contributed by atoms with van der Waals surface area (Å²) in [4.78, 5) is 11.8. The Morgan fingerprint density at radius 1 is 1.28 bits per heavy atom. The topological polar surface area (TPSA) is 47.6 Å². The van der Waals surface area contributed by atoms with Gasteiger partial charge in [0.15, 0.2) is 11.5 Å². The van der Waals surface area contributed by atoms with Gasteiger partial charge in [0.05, 0.1) is 14.2 Å². The molecule has 1 aromatic rings. The van der Waals surface area contributed by atoms with Crippen LogP contribution in [0.4, 0.5) is 0 Å². The summed E-state index contributed by atoms with van der Waals surface area (Å²) in [6.45, 7) is 1.58. The van der Waals surface area contributed by atoms with E-state index in [0.717, 1.165) is 25.1 Å². The van der Waals surface area contributed by atoms with Crippen LogP contribution in [0.2, 0.25) is 0 Å². The zero-order valence-corrected chi connectivity index (χ0v) is 10.9. The molecule has 1 fully saturated rings. The number of rotatable bonds is 4. The van der Waals surface area contributed by atoms with Gasteiger partial charge in [0.25, 0.3) is 0 Å². The largest absolute Gasteiger partial charge is 0.493 e. The molecule has 1 aromatic carbocycles. The molecule has 1 aliphatic heterocycles. The van der Waals surface area contributed by atoms with Crippen molar-refractivity contribution in [3.63, 3.8) is 0 Å². The number of piperidine rings is 1. The predicted octanol–water partition coefficient (Wildman–Crippen LogP) is 1.42. The average Bonchev–Trinajstić information content (AvgIpc) is 2.41. The Hall–Kier alpha value is -1.55. The molecule has 0 amide bonds. The van der Waals surface area contributed by atoms with E-state index < -0.39 is 0 Å². The molecular weight excluding hydrogens is 230 g/mol. The van der Waals surface area contributed by atoms with E-state index in [1.54, 1.807) is 14.2 Å². The fourth-order valence-corrected chi connectivity index (χ4v) is 2.28. The van der Waals surface area contributed by atoms with Gasteiger partial charge < -0.3 is 14.8 Å². The van der Waals surface area contributed by atoms with Gasteiger partial charge in [-0.3, -0.25) is 4.79 Å². The highest BCUT2D eigenvalue weighted by Gasteiger charge is 2.22. The summed E-state index contributed by atoms with van der Waals surface area (Å²) in [5.41, 5.74) is 1.11. The van der Waals surface area contributed by atoms with Gasteiger partial charge in [0.1, 0.15) is 5.78 Å². The molecule has 2 rings (SSSR count). The third-order valence-electron chi connectivity index (χ3n) is 3.32. The Morgan fingerprint density at radius 2 is 2.06 bits per heavy atom. The first-order chi connectivity index (χ1) is 8.74. The minimum atomic E-state index is 0.0804. The molecule has 1 unspecified atom stereocenters. The van der Waals surface area contributed by atoms with Crippen LogP contribution in [0.1, 0.15) is 12.0 Å². The number of benzene rings is 1. The fraction of sp³-hybridized carbons (Fsp3) is 0.500. The molecule has 0 bridgehead atoms. The van der Waals surface area contributed by atoms with E-state index in [0.29, 0.717) is 23.7 Å². The molecule has 1 N–H and O–H groups in total. The van der Waals surface area contributed by atoms with Gasteiger partial charge in [-0.15, -0.1) is 0 Å². The highest BCUT2D eigenvalue weighted by molar-refractivity contribution is 5.82. The van der Waals surface area contributed by atoms with Crippen molar-refractivity contribution < 1.29 is 14.3 Å². The number of nitrogens with one attached hydrogen (secondary N) is 1. The molecule has 0 spiro atoms. The Bertz CT molecular complexity index is 431. The molecule has 1 saturated heterocycles. The minimum absolute atomic E-state index is 0.0804. The minimum Gasteiger partial charge on any atom is -0.493 e. The van der Waals surface area contributed by atoms with E-state index in [-0.39, 0.29) is 5.92 Å². The van der Waals surface area contributed by atoms with Gasteiger partial charge in [-0.25, -0.2) is 0 Å². The van der Waals surface area contributed by atoms with Crippen molar-refractivity contribution in [2.45, 2.75) is 12.8 Å². The highest BCUT2D eigenvalue weighted by Crippen LogP contribution is 2.28. The summed E-state index contributed by atoms with van der Waals surface area (Å²) < 4.78 is 10.5. The summed E-state index contributed by atoms with van der Waals surface area (Å²) >= 11 is 0. The van der Waals surface area contributed by atoms with E-state index >= 15 is 0 Å². The van der Waals surface area contributed by atoms with Crippen LogP contribution in [0.3, 0.4) is 0 Å². The molecule has 98 valence electrons. The first-order valence-electron chi connectivity index (χ1n) is 6.19. The SMILES string of the molecule is COc1ccc(CC2CNCCC2=O)cc1OC. The number of ketones is 1. The van der Waals surface area contributed by atoms with Gasteiger partial charge in [-0.2, -0.15) is 0 Å². The second kappa shape index (κ2) is 5.87. The summed E-state index contributed by atoms with van der Waals surface area (Å²) in [7, 11) is 3.24. The molecule has 1 heterocycles. The number of ether oxygens (including phenoxy) is 2. The summed E-state index contributed by atoms with van der Waals surface area (Å²) in [5.74, 6) is 1.86. The van der Waals surface area contributed by atoms with Gasteiger partial charge in [0, 0.05) is 25.4 Å². The van der Waals surface area contributed by atoms with Crippen LogP contribution >= 0.6 is 0 Å². The highest BCUT2D eigenvalue weighted by atomic mass is 16.5. The molecule has 18 heavy (non-hydrogen) atoms. The van der Waals surface area contributed by atoms with Crippen molar-refractivity contribution in [2.24, 2.45) is 5.92 Å². The fourth-order valence-electron chi connectivity index (χ4n) is 2.28.